The smallest absolute Gasteiger partial charge is 0.249 e. The number of fused-ring (bicyclic) bond motifs is 1. The van der Waals surface area contributed by atoms with Crippen molar-refractivity contribution in [2.75, 3.05) is 12.0 Å². The van der Waals surface area contributed by atoms with Crippen molar-refractivity contribution < 1.29 is 18.7 Å². The number of para-hydroxylation sites is 1. The molecule has 41 heavy (non-hydrogen) atoms. The highest BCUT2D eigenvalue weighted by molar-refractivity contribution is 6.02. The highest BCUT2D eigenvalue weighted by Crippen LogP contribution is 2.35. The van der Waals surface area contributed by atoms with Gasteiger partial charge in [-0.25, -0.2) is 9.07 Å². The Labute approximate surface area is 234 Å². The summed E-state index contributed by atoms with van der Waals surface area (Å²) in [6, 6.07) is 16.5. The Morgan fingerprint density at radius 2 is 1.80 bits per heavy atom. The molecule has 0 radical (unpaired) electrons. The van der Waals surface area contributed by atoms with Gasteiger partial charge in [-0.1, -0.05) is 35.5 Å². The van der Waals surface area contributed by atoms with Gasteiger partial charge >= 0.3 is 0 Å². The van der Waals surface area contributed by atoms with Gasteiger partial charge in [-0.3, -0.25) is 14.5 Å². The first-order chi connectivity index (χ1) is 19.7. The number of amides is 2. The lowest BCUT2D eigenvalue weighted by Crippen LogP contribution is -2.50. The number of tetrazole rings is 1. The van der Waals surface area contributed by atoms with E-state index in [0.29, 0.717) is 22.5 Å². The van der Waals surface area contributed by atoms with E-state index in [4.69, 9.17) is 4.74 Å². The summed E-state index contributed by atoms with van der Waals surface area (Å²) in [6.45, 7) is 5.15. The average Bonchev–Trinajstić information content (AvgIpc) is 3.62. The molecule has 2 aromatic heterocycles. The number of hydrogen-bond donors (Lipinski definition) is 1. The van der Waals surface area contributed by atoms with Crippen LogP contribution in [0.3, 0.4) is 0 Å². The molecule has 0 aliphatic heterocycles. The molecule has 1 atom stereocenters. The van der Waals surface area contributed by atoms with Gasteiger partial charge in [0.1, 0.15) is 41.7 Å². The Balaban J connectivity index is 1.67. The minimum atomic E-state index is -1.37. The lowest BCUT2D eigenvalue weighted by molar-refractivity contribution is -0.128. The molecule has 1 N–H and O–H groups in total. The van der Waals surface area contributed by atoms with E-state index in [2.05, 4.69) is 31.2 Å². The van der Waals surface area contributed by atoms with E-state index in [1.807, 2.05) is 12.1 Å². The number of ether oxygens (including phenoxy) is 1. The third-order valence-corrected chi connectivity index (χ3v) is 6.22. The molecule has 0 spiro atoms. The van der Waals surface area contributed by atoms with Gasteiger partial charge in [0.2, 0.25) is 11.8 Å². The monoisotopic (exact) mass is 557 g/mol. The van der Waals surface area contributed by atoms with E-state index in [9.17, 15) is 9.59 Å². The standard InChI is InChI=1S/C28H28FN9O3/c1-28(2,3)31-27(40)26(19-9-5-6-10-20(19)29)38(25(39)16-36-22-12-8-7-11-21(22)32-34-36)18-13-14-23(24(15-18)41-4)37-17-30-33-35-37/h5-15,17,26H,16H2,1-4H3,(H,31,40)/t26-/m1/s1. The number of rotatable bonds is 8. The molecule has 0 bridgehead atoms. The summed E-state index contributed by atoms with van der Waals surface area (Å²) in [5, 5.41) is 22.4. The van der Waals surface area contributed by atoms with Crippen molar-refractivity contribution in [3.05, 3.63) is 84.4 Å². The van der Waals surface area contributed by atoms with Gasteiger partial charge < -0.3 is 10.1 Å². The normalized spacial score (nSPS) is 12.2. The average molecular weight is 558 g/mol. The number of hydrogen-bond acceptors (Lipinski definition) is 8. The van der Waals surface area contributed by atoms with Gasteiger partial charge in [0, 0.05) is 22.9 Å². The molecule has 2 heterocycles. The second-order valence-electron chi connectivity index (χ2n) is 10.3. The Kier molecular flexibility index (Phi) is 7.42. The molecule has 210 valence electrons. The van der Waals surface area contributed by atoms with Crippen LogP contribution in [-0.2, 0) is 16.1 Å². The number of aromatic nitrogens is 7. The van der Waals surface area contributed by atoms with Gasteiger partial charge in [0.25, 0.3) is 0 Å². The third kappa shape index (κ3) is 5.73. The van der Waals surface area contributed by atoms with Crippen molar-refractivity contribution in [2.45, 2.75) is 38.9 Å². The third-order valence-electron chi connectivity index (χ3n) is 6.22. The number of benzene rings is 3. The van der Waals surface area contributed by atoms with Crippen molar-refractivity contribution in [1.29, 1.82) is 0 Å². The zero-order valence-corrected chi connectivity index (χ0v) is 22.9. The molecule has 0 aliphatic rings. The second-order valence-corrected chi connectivity index (χ2v) is 10.3. The summed E-state index contributed by atoms with van der Waals surface area (Å²) in [7, 11) is 1.46. The number of carbonyl (C=O) groups is 2. The van der Waals surface area contributed by atoms with Crippen LogP contribution >= 0.6 is 0 Å². The molecule has 5 rings (SSSR count). The Hall–Kier alpha value is -5.20. The maximum absolute atomic E-state index is 15.4. The van der Waals surface area contributed by atoms with E-state index in [1.165, 1.54) is 45.9 Å². The van der Waals surface area contributed by atoms with E-state index < -0.39 is 29.2 Å². The fourth-order valence-corrected chi connectivity index (χ4v) is 4.48. The molecule has 5 aromatic rings. The summed E-state index contributed by atoms with van der Waals surface area (Å²) in [5.74, 6) is -1.41. The molecule has 0 unspecified atom stereocenters. The Morgan fingerprint density at radius 3 is 2.51 bits per heavy atom. The minimum Gasteiger partial charge on any atom is -0.494 e. The second kappa shape index (κ2) is 11.1. The van der Waals surface area contributed by atoms with Crippen LogP contribution in [0.5, 0.6) is 5.75 Å². The predicted molar refractivity (Wildman–Crippen MR) is 148 cm³/mol. The molecule has 3 aromatic carbocycles. The quantitative estimate of drug-likeness (QED) is 0.308. The van der Waals surface area contributed by atoms with E-state index in [0.717, 1.165) is 0 Å². The number of anilines is 1. The molecular weight excluding hydrogens is 529 g/mol. The fourth-order valence-electron chi connectivity index (χ4n) is 4.48. The van der Waals surface area contributed by atoms with E-state index in [1.54, 1.807) is 57.2 Å². The molecule has 12 nitrogen and oxygen atoms in total. The Bertz CT molecular complexity index is 1700. The Morgan fingerprint density at radius 1 is 1.05 bits per heavy atom. The number of halogens is 1. The fraction of sp³-hybridized carbons (Fsp3) is 0.250. The summed E-state index contributed by atoms with van der Waals surface area (Å²) < 4.78 is 23.8. The maximum Gasteiger partial charge on any atom is 0.249 e. The number of methoxy groups -OCH3 is 1. The van der Waals surface area contributed by atoms with Crippen molar-refractivity contribution in [2.24, 2.45) is 0 Å². The highest BCUT2D eigenvalue weighted by Gasteiger charge is 2.36. The van der Waals surface area contributed by atoms with Gasteiger partial charge in [0.05, 0.1) is 12.6 Å². The van der Waals surface area contributed by atoms with Crippen molar-refractivity contribution in [1.82, 2.24) is 40.5 Å². The highest BCUT2D eigenvalue weighted by atomic mass is 19.1. The topological polar surface area (TPSA) is 133 Å². The van der Waals surface area contributed by atoms with Crippen molar-refractivity contribution in [3.63, 3.8) is 0 Å². The molecule has 0 saturated heterocycles. The van der Waals surface area contributed by atoms with Crippen LogP contribution in [0.15, 0.2) is 73.1 Å². The predicted octanol–water partition coefficient (Wildman–Crippen LogP) is 3.24. The summed E-state index contributed by atoms with van der Waals surface area (Å²) in [4.78, 5) is 29.4. The first-order valence-electron chi connectivity index (χ1n) is 12.7. The van der Waals surface area contributed by atoms with Crippen LogP contribution in [0.2, 0.25) is 0 Å². The van der Waals surface area contributed by atoms with Crippen LogP contribution < -0.4 is 15.0 Å². The summed E-state index contributed by atoms with van der Waals surface area (Å²) in [5.41, 5.74) is 1.38. The van der Waals surface area contributed by atoms with E-state index in [-0.39, 0.29) is 17.8 Å². The number of nitrogens with zero attached hydrogens (tertiary/aromatic N) is 8. The molecular formula is C28H28FN9O3. The molecule has 13 heteroatoms. The van der Waals surface area contributed by atoms with Crippen molar-refractivity contribution >= 4 is 28.5 Å². The maximum atomic E-state index is 15.4. The molecule has 2 amide bonds. The lowest BCUT2D eigenvalue weighted by Gasteiger charge is -2.34. The molecule has 0 aliphatic carbocycles. The molecule has 0 saturated carbocycles. The zero-order valence-electron chi connectivity index (χ0n) is 22.9. The summed E-state index contributed by atoms with van der Waals surface area (Å²) >= 11 is 0. The first-order valence-corrected chi connectivity index (χ1v) is 12.7. The SMILES string of the molecule is COc1cc(N(C(=O)Cn2nnc3ccccc32)[C@@H](C(=O)NC(C)(C)C)c2ccccc2F)ccc1-n1cnnn1. The van der Waals surface area contributed by atoms with Crippen LogP contribution in [0.4, 0.5) is 10.1 Å². The number of carbonyl (C=O) groups excluding carboxylic acids is 2. The molecule has 0 fully saturated rings. The van der Waals surface area contributed by atoms with Gasteiger partial charge in [-0.05, 0) is 61.5 Å². The minimum absolute atomic E-state index is 0.0227. The van der Waals surface area contributed by atoms with Crippen LogP contribution in [-0.4, -0.2) is 59.7 Å². The van der Waals surface area contributed by atoms with Crippen LogP contribution in [0.25, 0.3) is 16.7 Å². The van der Waals surface area contributed by atoms with Crippen molar-refractivity contribution in [3.8, 4) is 11.4 Å². The largest absolute Gasteiger partial charge is 0.494 e. The van der Waals surface area contributed by atoms with Gasteiger partial charge in [0.15, 0.2) is 0 Å². The number of nitrogens with one attached hydrogen (secondary N) is 1. The summed E-state index contributed by atoms with van der Waals surface area (Å²) in [6.07, 6.45) is 1.40. The van der Waals surface area contributed by atoms with Crippen LogP contribution in [0, 0.1) is 5.82 Å². The lowest BCUT2D eigenvalue weighted by atomic mass is 10.00. The van der Waals surface area contributed by atoms with Gasteiger partial charge in [-0.15, -0.1) is 10.2 Å². The zero-order chi connectivity index (χ0) is 29.1. The van der Waals surface area contributed by atoms with Crippen LogP contribution in [0.1, 0.15) is 32.4 Å². The first kappa shape index (κ1) is 27.4. The van der Waals surface area contributed by atoms with E-state index >= 15 is 4.39 Å². The van der Waals surface area contributed by atoms with Gasteiger partial charge in [-0.2, -0.15) is 4.68 Å².